The fourth-order valence-electron chi connectivity index (χ4n) is 2.55. The molecule has 1 aromatic heterocycles. The van der Waals surface area contributed by atoms with Gasteiger partial charge in [0.05, 0.1) is 13.3 Å². The Morgan fingerprint density at radius 1 is 1.29 bits per heavy atom. The molecule has 110 valence electrons. The number of hydrogen-bond acceptors (Lipinski definition) is 4. The highest BCUT2D eigenvalue weighted by atomic mass is 16.5. The van der Waals surface area contributed by atoms with Crippen LogP contribution in [-0.4, -0.2) is 19.3 Å². The molecule has 2 heterocycles. The SMILES string of the molecule is COc1ccc2c(c1)N(c1cccc[n+]1[O-])CC(C)(C)O2. The first-order chi connectivity index (χ1) is 10.00. The summed E-state index contributed by atoms with van der Waals surface area (Å²) in [6.45, 7) is 4.59. The third-order valence-corrected chi connectivity index (χ3v) is 3.46. The molecule has 0 radical (unpaired) electrons. The van der Waals surface area contributed by atoms with E-state index in [1.54, 1.807) is 19.2 Å². The largest absolute Gasteiger partial charge is 0.711 e. The number of ether oxygens (including phenoxy) is 2. The Labute approximate surface area is 123 Å². The Kier molecular flexibility index (Phi) is 3.12. The van der Waals surface area contributed by atoms with Gasteiger partial charge in [-0.1, -0.05) is 6.07 Å². The molecule has 3 rings (SSSR count). The Balaban J connectivity index is 2.15. The van der Waals surface area contributed by atoms with Crippen LogP contribution in [0, 0.1) is 5.21 Å². The summed E-state index contributed by atoms with van der Waals surface area (Å²) in [6.07, 6.45) is 1.50. The molecular formula is C16H18N2O3. The van der Waals surface area contributed by atoms with Gasteiger partial charge in [0.15, 0.2) is 11.4 Å². The molecule has 0 unspecified atom stereocenters. The van der Waals surface area contributed by atoms with Gasteiger partial charge in [0.1, 0.15) is 17.9 Å². The van der Waals surface area contributed by atoms with Crippen molar-refractivity contribution in [2.75, 3.05) is 18.6 Å². The maximum absolute atomic E-state index is 12.1. The molecule has 0 spiro atoms. The number of fused-ring (bicyclic) bond motifs is 1. The monoisotopic (exact) mass is 286 g/mol. The Morgan fingerprint density at radius 3 is 2.81 bits per heavy atom. The molecule has 2 aromatic rings. The number of hydrogen-bond donors (Lipinski definition) is 0. The van der Waals surface area contributed by atoms with Crippen LogP contribution in [0.3, 0.4) is 0 Å². The summed E-state index contributed by atoms with van der Waals surface area (Å²) in [5.74, 6) is 2.05. The average Bonchev–Trinajstić information content (AvgIpc) is 2.46. The van der Waals surface area contributed by atoms with Gasteiger partial charge in [-0.2, -0.15) is 0 Å². The topological polar surface area (TPSA) is 48.6 Å². The van der Waals surface area contributed by atoms with Gasteiger partial charge in [-0.15, -0.1) is 0 Å². The van der Waals surface area contributed by atoms with Crippen molar-refractivity contribution in [2.45, 2.75) is 19.4 Å². The lowest BCUT2D eigenvalue weighted by Crippen LogP contribution is -2.48. The molecule has 0 fully saturated rings. The van der Waals surface area contributed by atoms with E-state index in [4.69, 9.17) is 9.47 Å². The first-order valence-electron chi connectivity index (χ1n) is 6.83. The first-order valence-corrected chi connectivity index (χ1v) is 6.83. The number of aromatic nitrogens is 1. The van der Waals surface area contributed by atoms with E-state index in [-0.39, 0.29) is 5.60 Å². The van der Waals surface area contributed by atoms with E-state index in [0.717, 1.165) is 21.9 Å². The van der Waals surface area contributed by atoms with E-state index in [1.807, 2.05) is 43.0 Å². The van der Waals surface area contributed by atoms with E-state index in [9.17, 15) is 5.21 Å². The van der Waals surface area contributed by atoms with Gasteiger partial charge in [-0.3, -0.25) is 0 Å². The second kappa shape index (κ2) is 4.84. The lowest BCUT2D eigenvalue weighted by Gasteiger charge is -2.36. The maximum Gasteiger partial charge on any atom is 0.285 e. The van der Waals surface area contributed by atoms with Gasteiger partial charge in [0.2, 0.25) is 0 Å². The highest BCUT2D eigenvalue weighted by molar-refractivity contribution is 5.69. The van der Waals surface area contributed by atoms with E-state index in [2.05, 4.69) is 0 Å². The number of rotatable bonds is 2. The lowest BCUT2D eigenvalue weighted by atomic mass is 10.0. The summed E-state index contributed by atoms with van der Waals surface area (Å²) in [7, 11) is 1.62. The summed E-state index contributed by atoms with van der Waals surface area (Å²) in [5.41, 5.74) is 0.453. The Morgan fingerprint density at radius 2 is 2.10 bits per heavy atom. The Bertz CT molecular complexity index is 670. The second-order valence-corrected chi connectivity index (χ2v) is 5.67. The van der Waals surface area contributed by atoms with E-state index >= 15 is 0 Å². The summed E-state index contributed by atoms with van der Waals surface area (Å²) in [4.78, 5) is 1.97. The van der Waals surface area contributed by atoms with E-state index in [0.29, 0.717) is 12.4 Å². The summed E-state index contributed by atoms with van der Waals surface area (Å²) < 4.78 is 12.1. The van der Waals surface area contributed by atoms with Crippen LogP contribution in [-0.2, 0) is 0 Å². The van der Waals surface area contributed by atoms with Crippen molar-refractivity contribution >= 4 is 11.5 Å². The molecule has 21 heavy (non-hydrogen) atoms. The zero-order valence-electron chi connectivity index (χ0n) is 12.4. The number of methoxy groups -OCH3 is 1. The molecule has 5 heteroatoms. The molecule has 0 atom stereocenters. The van der Waals surface area contributed by atoms with Gasteiger partial charge in [0, 0.05) is 12.1 Å². The quantitative estimate of drug-likeness (QED) is 0.629. The van der Waals surface area contributed by atoms with Crippen molar-refractivity contribution in [3.8, 4) is 11.5 Å². The molecule has 0 saturated heterocycles. The van der Waals surface area contributed by atoms with Crippen LogP contribution in [0.4, 0.5) is 11.5 Å². The zero-order chi connectivity index (χ0) is 15.0. The molecule has 1 aliphatic rings. The van der Waals surface area contributed by atoms with Crippen molar-refractivity contribution in [2.24, 2.45) is 0 Å². The molecule has 1 aliphatic heterocycles. The standard InChI is InChI=1S/C16H18N2O3/c1-16(2)11-17(15-6-4-5-9-18(15)19)13-10-12(20-3)7-8-14(13)21-16/h4-10H,11H2,1-3H3. The third kappa shape index (κ3) is 2.46. The smallest absolute Gasteiger partial charge is 0.285 e. The van der Waals surface area contributed by atoms with Gasteiger partial charge >= 0.3 is 0 Å². The number of pyridine rings is 1. The molecule has 0 amide bonds. The highest BCUT2D eigenvalue weighted by Gasteiger charge is 2.38. The van der Waals surface area contributed by atoms with Crippen molar-refractivity contribution in [1.29, 1.82) is 0 Å². The van der Waals surface area contributed by atoms with Gasteiger partial charge in [-0.25, -0.2) is 9.63 Å². The first kappa shape index (κ1) is 13.5. The summed E-state index contributed by atoms with van der Waals surface area (Å²) in [6, 6.07) is 11.0. The summed E-state index contributed by atoms with van der Waals surface area (Å²) in [5, 5.41) is 12.1. The fourth-order valence-corrected chi connectivity index (χ4v) is 2.55. The minimum atomic E-state index is -0.384. The molecule has 0 saturated carbocycles. The number of benzene rings is 1. The van der Waals surface area contributed by atoms with Crippen LogP contribution in [0.5, 0.6) is 11.5 Å². The molecule has 1 aromatic carbocycles. The highest BCUT2D eigenvalue weighted by Crippen LogP contribution is 2.41. The van der Waals surface area contributed by atoms with Crippen LogP contribution in [0.2, 0.25) is 0 Å². The molecule has 0 aliphatic carbocycles. The van der Waals surface area contributed by atoms with Crippen LogP contribution in [0.15, 0.2) is 42.6 Å². The molecular weight excluding hydrogens is 268 g/mol. The number of nitrogens with zero attached hydrogens (tertiary/aromatic N) is 2. The van der Waals surface area contributed by atoms with E-state index < -0.39 is 0 Å². The zero-order valence-corrected chi connectivity index (χ0v) is 12.4. The van der Waals surface area contributed by atoms with Gasteiger partial charge in [-0.05, 0) is 32.0 Å². The van der Waals surface area contributed by atoms with Gasteiger partial charge in [0.25, 0.3) is 5.82 Å². The lowest BCUT2D eigenvalue weighted by molar-refractivity contribution is -0.592. The van der Waals surface area contributed by atoms with Crippen LogP contribution in [0.25, 0.3) is 0 Å². The summed E-state index contributed by atoms with van der Waals surface area (Å²) >= 11 is 0. The van der Waals surface area contributed by atoms with Crippen LogP contribution >= 0.6 is 0 Å². The fraction of sp³-hybridized carbons (Fsp3) is 0.312. The predicted molar refractivity (Wildman–Crippen MR) is 80.1 cm³/mol. The van der Waals surface area contributed by atoms with Crippen LogP contribution < -0.4 is 19.1 Å². The van der Waals surface area contributed by atoms with Gasteiger partial charge < -0.3 is 14.7 Å². The maximum atomic E-state index is 12.1. The third-order valence-electron chi connectivity index (χ3n) is 3.46. The normalized spacial score (nSPS) is 16.0. The molecule has 0 N–H and O–H groups in total. The van der Waals surface area contributed by atoms with Crippen molar-refractivity contribution in [1.82, 2.24) is 0 Å². The minimum absolute atomic E-state index is 0.384. The molecule has 0 bridgehead atoms. The predicted octanol–water partition coefficient (Wildman–Crippen LogP) is 2.64. The van der Waals surface area contributed by atoms with Crippen LogP contribution in [0.1, 0.15) is 13.8 Å². The van der Waals surface area contributed by atoms with Crippen molar-refractivity contribution < 1.29 is 14.2 Å². The second-order valence-electron chi connectivity index (χ2n) is 5.67. The van der Waals surface area contributed by atoms with Crippen molar-refractivity contribution in [3.05, 3.63) is 47.8 Å². The number of anilines is 2. The minimum Gasteiger partial charge on any atom is -0.711 e. The average molecular weight is 286 g/mol. The van der Waals surface area contributed by atoms with Crippen molar-refractivity contribution in [3.63, 3.8) is 0 Å². The Hall–Kier alpha value is -2.43. The van der Waals surface area contributed by atoms with E-state index in [1.165, 1.54) is 6.20 Å². The molecule has 5 nitrogen and oxygen atoms in total.